The number of hydrogen-bond acceptors (Lipinski definition) is 4. The number of rotatable bonds is 2. The highest BCUT2D eigenvalue weighted by Gasteiger charge is 2.35. The summed E-state index contributed by atoms with van der Waals surface area (Å²) in [5.74, 6) is 0.627. The summed E-state index contributed by atoms with van der Waals surface area (Å²) in [7, 11) is 0. The van der Waals surface area contributed by atoms with E-state index in [1.54, 1.807) is 6.07 Å². The monoisotopic (exact) mass is 347 g/mol. The molecule has 2 bridgehead atoms. The van der Waals surface area contributed by atoms with E-state index in [0.717, 1.165) is 16.6 Å². The van der Waals surface area contributed by atoms with Gasteiger partial charge in [0.1, 0.15) is 6.07 Å². The summed E-state index contributed by atoms with van der Waals surface area (Å²) in [6, 6.07) is 9.99. The summed E-state index contributed by atoms with van der Waals surface area (Å²) >= 11 is 1.42. The van der Waals surface area contributed by atoms with Crippen LogP contribution in [-0.2, 0) is 0 Å². The lowest BCUT2D eigenvalue weighted by Crippen LogP contribution is -2.57. The molecule has 1 amide bonds. The number of amides is 1. The third-order valence-electron chi connectivity index (χ3n) is 4.86. The van der Waals surface area contributed by atoms with Crippen molar-refractivity contribution in [1.82, 2.24) is 10.2 Å². The summed E-state index contributed by atoms with van der Waals surface area (Å²) in [5, 5.41) is 13.4. The van der Waals surface area contributed by atoms with E-state index in [1.807, 2.05) is 18.2 Å². The van der Waals surface area contributed by atoms with Crippen LogP contribution in [0, 0.1) is 17.2 Å². The van der Waals surface area contributed by atoms with E-state index in [9.17, 15) is 4.79 Å². The zero-order chi connectivity index (χ0) is 15.1. The molecule has 3 saturated heterocycles. The Morgan fingerprint density at radius 2 is 2.13 bits per heavy atom. The summed E-state index contributed by atoms with van der Waals surface area (Å²) < 4.78 is 0.907. The lowest BCUT2D eigenvalue weighted by Gasteiger charge is -2.44. The van der Waals surface area contributed by atoms with Crippen molar-refractivity contribution in [3.63, 3.8) is 0 Å². The molecule has 0 radical (unpaired) electrons. The number of carbonyl (C=O) groups excluding carboxylic acids is 1. The highest BCUT2D eigenvalue weighted by Crippen LogP contribution is 2.30. The number of piperidine rings is 3. The zero-order valence-corrected chi connectivity index (χ0v) is 14.3. The van der Waals surface area contributed by atoms with E-state index in [2.05, 4.69) is 16.3 Å². The Balaban J connectivity index is 0.00000156. The van der Waals surface area contributed by atoms with Crippen molar-refractivity contribution in [1.29, 1.82) is 5.26 Å². The summed E-state index contributed by atoms with van der Waals surface area (Å²) in [5.41, 5.74) is 0.643. The van der Waals surface area contributed by atoms with Crippen LogP contribution < -0.4 is 5.32 Å². The molecule has 1 aromatic heterocycles. The Kier molecular flexibility index (Phi) is 4.58. The number of nitrogens with zero attached hydrogens (tertiary/aromatic N) is 2. The van der Waals surface area contributed by atoms with Crippen LogP contribution >= 0.6 is 23.7 Å². The standard InChI is InChI=1S/C17H17N3OS.ClH/c18-9-13-3-1-2-12-8-15(22-16(12)13)17(21)19-14-10-20-6-4-11(14)5-7-20;/h1-3,8,11,14H,4-7,10H2,(H,19,21);1H/t14-;/m0./s1. The number of hydrogen-bond donors (Lipinski definition) is 1. The molecule has 4 nitrogen and oxygen atoms in total. The van der Waals surface area contributed by atoms with Gasteiger partial charge in [-0.3, -0.25) is 4.79 Å². The van der Waals surface area contributed by atoms with Gasteiger partial charge in [0.15, 0.2) is 0 Å². The number of benzene rings is 1. The molecule has 1 aromatic carbocycles. The van der Waals surface area contributed by atoms with Crippen molar-refractivity contribution in [3.8, 4) is 6.07 Å². The third kappa shape index (κ3) is 2.94. The van der Waals surface area contributed by atoms with Gasteiger partial charge in [-0.15, -0.1) is 23.7 Å². The Hall–Kier alpha value is -1.61. The van der Waals surface area contributed by atoms with Gasteiger partial charge in [0, 0.05) is 12.6 Å². The molecule has 0 unspecified atom stereocenters. The minimum absolute atomic E-state index is 0. The first-order valence-corrected chi connectivity index (χ1v) is 8.52. The van der Waals surface area contributed by atoms with Crippen LogP contribution in [0.3, 0.4) is 0 Å². The predicted molar refractivity (Wildman–Crippen MR) is 94.2 cm³/mol. The number of halogens is 1. The van der Waals surface area contributed by atoms with Crippen molar-refractivity contribution in [2.75, 3.05) is 19.6 Å². The van der Waals surface area contributed by atoms with Crippen LogP contribution in [0.1, 0.15) is 28.1 Å². The fourth-order valence-electron chi connectivity index (χ4n) is 3.63. The van der Waals surface area contributed by atoms with Gasteiger partial charge in [-0.2, -0.15) is 5.26 Å². The van der Waals surface area contributed by atoms with Crippen molar-refractivity contribution >= 4 is 39.7 Å². The fourth-order valence-corrected chi connectivity index (χ4v) is 4.66. The van der Waals surface area contributed by atoms with E-state index in [1.165, 1.54) is 37.3 Å². The van der Waals surface area contributed by atoms with Crippen LogP contribution in [0.2, 0.25) is 0 Å². The van der Waals surface area contributed by atoms with E-state index in [0.29, 0.717) is 16.4 Å². The highest BCUT2D eigenvalue weighted by atomic mass is 35.5. The third-order valence-corrected chi connectivity index (χ3v) is 6.04. The molecule has 1 atom stereocenters. The SMILES string of the molecule is Cl.N#Cc1cccc2cc(C(=O)N[C@H]3CN4CCC3CC4)sc12. The largest absolute Gasteiger partial charge is 0.347 e. The number of fused-ring (bicyclic) bond motifs is 4. The summed E-state index contributed by atoms with van der Waals surface area (Å²) in [6.07, 6.45) is 2.38. The Labute approximate surface area is 145 Å². The minimum atomic E-state index is 0. The normalized spacial score (nSPS) is 25.6. The second kappa shape index (κ2) is 6.48. The zero-order valence-electron chi connectivity index (χ0n) is 12.6. The molecule has 3 aliphatic rings. The quantitative estimate of drug-likeness (QED) is 0.908. The minimum Gasteiger partial charge on any atom is -0.347 e. The molecular formula is C17H18ClN3OS. The molecule has 6 heteroatoms. The lowest BCUT2D eigenvalue weighted by molar-refractivity contribution is 0.0622. The van der Waals surface area contributed by atoms with Gasteiger partial charge >= 0.3 is 0 Å². The Bertz CT molecular complexity index is 774. The molecule has 2 aromatic rings. The molecule has 120 valence electrons. The van der Waals surface area contributed by atoms with Gasteiger partial charge in [0.05, 0.1) is 15.1 Å². The second-order valence-electron chi connectivity index (χ2n) is 6.16. The first-order valence-electron chi connectivity index (χ1n) is 7.70. The maximum atomic E-state index is 12.6. The molecule has 0 spiro atoms. The molecule has 23 heavy (non-hydrogen) atoms. The molecular weight excluding hydrogens is 330 g/mol. The van der Waals surface area contributed by atoms with Crippen LogP contribution in [-0.4, -0.2) is 36.5 Å². The molecule has 5 rings (SSSR count). The van der Waals surface area contributed by atoms with Gasteiger partial charge in [0.25, 0.3) is 5.91 Å². The number of thiophene rings is 1. The van der Waals surface area contributed by atoms with Crippen molar-refractivity contribution in [2.45, 2.75) is 18.9 Å². The first-order chi connectivity index (χ1) is 10.7. The van der Waals surface area contributed by atoms with Gasteiger partial charge < -0.3 is 10.2 Å². The van der Waals surface area contributed by atoms with Crippen molar-refractivity contribution in [3.05, 3.63) is 34.7 Å². The molecule has 0 aliphatic carbocycles. The summed E-state index contributed by atoms with van der Waals surface area (Å²) in [6.45, 7) is 3.32. The van der Waals surface area contributed by atoms with Gasteiger partial charge in [0.2, 0.25) is 0 Å². The number of nitrogens with one attached hydrogen (secondary N) is 1. The van der Waals surface area contributed by atoms with E-state index >= 15 is 0 Å². The molecule has 1 N–H and O–H groups in total. The first kappa shape index (κ1) is 16.3. The lowest BCUT2D eigenvalue weighted by atomic mass is 9.84. The van der Waals surface area contributed by atoms with Crippen molar-refractivity contribution < 1.29 is 4.79 Å². The molecule has 3 fully saturated rings. The van der Waals surface area contributed by atoms with Crippen LogP contribution in [0.5, 0.6) is 0 Å². The fraction of sp³-hybridized carbons (Fsp3) is 0.412. The molecule has 4 heterocycles. The number of carbonyl (C=O) groups is 1. The van der Waals surface area contributed by atoms with Crippen LogP contribution in [0.4, 0.5) is 0 Å². The molecule has 3 aliphatic heterocycles. The Morgan fingerprint density at radius 1 is 1.35 bits per heavy atom. The Morgan fingerprint density at radius 3 is 2.78 bits per heavy atom. The maximum Gasteiger partial charge on any atom is 0.261 e. The van der Waals surface area contributed by atoms with E-state index < -0.39 is 0 Å². The smallest absolute Gasteiger partial charge is 0.261 e. The van der Waals surface area contributed by atoms with Crippen LogP contribution in [0.25, 0.3) is 10.1 Å². The van der Waals surface area contributed by atoms with Gasteiger partial charge in [-0.1, -0.05) is 12.1 Å². The molecule has 0 saturated carbocycles. The summed E-state index contributed by atoms with van der Waals surface area (Å²) in [4.78, 5) is 15.7. The van der Waals surface area contributed by atoms with Gasteiger partial charge in [-0.25, -0.2) is 0 Å². The predicted octanol–water partition coefficient (Wildman–Crippen LogP) is 3.02. The number of nitriles is 1. The maximum absolute atomic E-state index is 12.6. The average molecular weight is 348 g/mol. The highest BCUT2D eigenvalue weighted by molar-refractivity contribution is 7.21. The topological polar surface area (TPSA) is 56.1 Å². The second-order valence-corrected chi connectivity index (χ2v) is 7.22. The van der Waals surface area contributed by atoms with Crippen molar-refractivity contribution in [2.24, 2.45) is 5.92 Å². The van der Waals surface area contributed by atoms with E-state index in [4.69, 9.17) is 5.26 Å². The van der Waals surface area contributed by atoms with Crippen LogP contribution in [0.15, 0.2) is 24.3 Å². The average Bonchev–Trinajstić information content (AvgIpc) is 3.00. The van der Waals surface area contributed by atoms with E-state index in [-0.39, 0.29) is 24.4 Å². The van der Waals surface area contributed by atoms with Gasteiger partial charge in [-0.05, 0) is 49.4 Å².